The van der Waals surface area contributed by atoms with Crippen molar-refractivity contribution in [1.82, 2.24) is 0 Å². The van der Waals surface area contributed by atoms with Crippen LogP contribution < -0.4 is 0 Å². The van der Waals surface area contributed by atoms with Gasteiger partial charge in [0.1, 0.15) is 0 Å². The van der Waals surface area contributed by atoms with E-state index in [1.807, 2.05) is 13.8 Å². The van der Waals surface area contributed by atoms with Crippen LogP contribution in [0.2, 0.25) is 0 Å². The lowest BCUT2D eigenvalue weighted by Crippen LogP contribution is -2.27. The minimum atomic E-state index is -1.81. The second kappa shape index (κ2) is 15.2. The summed E-state index contributed by atoms with van der Waals surface area (Å²) in [5, 5.41) is 0. The summed E-state index contributed by atoms with van der Waals surface area (Å²) in [6.07, 6.45) is 10.6. The zero-order valence-electron chi connectivity index (χ0n) is 12.6. The summed E-state index contributed by atoms with van der Waals surface area (Å²) in [6.45, 7) is 8.40. The maximum atomic E-state index is 5.66. The number of unbranched alkanes of at least 4 members (excludes halogenated alkanes) is 7. The molecule has 18 heavy (non-hydrogen) atoms. The smallest absolute Gasteiger partial charge is 0.376 e. The Morgan fingerprint density at radius 2 is 1.11 bits per heavy atom. The molecule has 0 saturated carbocycles. The van der Waals surface area contributed by atoms with E-state index in [1.165, 1.54) is 44.9 Å². The van der Waals surface area contributed by atoms with Gasteiger partial charge in [-0.15, -0.1) is 0 Å². The first-order valence-electron chi connectivity index (χ1n) is 7.69. The summed E-state index contributed by atoms with van der Waals surface area (Å²) in [6, 6.07) is 0. The molecule has 0 aromatic heterocycles. The Morgan fingerprint density at radius 1 is 0.611 bits per heavy atom. The summed E-state index contributed by atoms with van der Waals surface area (Å²) in [5.41, 5.74) is 0. The molecule has 0 amide bonds. The van der Waals surface area contributed by atoms with Crippen LogP contribution >= 0.6 is 0 Å². The summed E-state index contributed by atoms with van der Waals surface area (Å²) >= 11 is 0. The largest absolute Gasteiger partial charge is 0.484 e. The van der Waals surface area contributed by atoms with Gasteiger partial charge in [0.05, 0.1) is 0 Å². The highest BCUT2D eigenvalue weighted by molar-refractivity contribution is 6.36. The van der Waals surface area contributed by atoms with Crippen LogP contribution in [0.25, 0.3) is 0 Å². The summed E-state index contributed by atoms with van der Waals surface area (Å²) < 4.78 is 16.6. The molecule has 3 nitrogen and oxygen atoms in total. The van der Waals surface area contributed by atoms with E-state index in [4.69, 9.17) is 13.3 Å². The molecule has 110 valence electrons. The maximum absolute atomic E-state index is 5.66. The van der Waals surface area contributed by atoms with Crippen LogP contribution in [0.1, 0.15) is 72.1 Å². The predicted octanol–water partition coefficient (Wildman–Crippen LogP) is 3.93. The zero-order chi connectivity index (χ0) is 13.5. The third kappa shape index (κ3) is 12.6. The van der Waals surface area contributed by atoms with Gasteiger partial charge in [-0.25, -0.2) is 0 Å². The van der Waals surface area contributed by atoms with E-state index in [2.05, 4.69) is 6.92 Å². The highest BCUT2D eigenvalue weighted by Gasteiger charge is 2.12. The molecule has 0 unspecified atom stereocenters. The molecule has 0 aliphatic heterocycles. The van der Waals surface area contributed by atoms with Crippen molar-refractivity contribution in [2.45, 2.75) is 72.1 Å². The minimum Gasteiger partial charge on any atom is -0.376 e. The lowest BCUT2D eigenvalue weighted by molar-refractivity contribution is 0.100. The van der Waals surface area contributed by atoms with Crippen LogP contribution in [0, 0.1) is 0 Å². The third-order valence-corrected chi connectivity index (χ3v) is 4.58. The van der Waals surface area contributed by atoms with E-state index < -0.39 is 9.53 Å². The van der Waals surface area contributed by atoms with Crippen LogP contribution in [-0.4, -0.2) is 29.3 Å². The van der Waals surface area contributed by atoms with Gasteiger partial charge in [-0.1, -0.05) is 51.9 Å². The van der Waals surface area contributed by atoms with Gasteiger partial charge in [-0.3, -0.25) is 0 Å². The highest BCUT2D eigenvalue weighted by Crippen LogP contribution is 2.08. The van der Waals surface area contributed by atoms with Crippen LogP contribution in [0.3, 0.4) is 0 Å². The van der Waals surface area contributed by atoms with Gasteiger partial charge in [-0.2, -0.15) is 0 Å². The predicted molar refractivity (Wildman–Crippen MR) is 79.0 cm³/mol. The minimum absolute atomic E-state index is 0.689. The van der Waals surface area contributed by atoms with E-state index >= 15 is 0 Å². The van der Waals surface area contributed by atoms with E-state index in [0.717, 1.165) is 13.0 Å². The van der Waals surface area contributed by atoms with E-state index in [1.54, 1.807) is 0 Å². The molecular weight excluding hydrogens is 244 g/mol. The van der Waals surface area contributed by atoms with E-state index in [0.29, 0.717) is 13.2 Å². The van der Waals surface area contributed by atoms with Gasteiger partial charge in [0.15, 0.2) is 0 Å². The number of hydrogen-bond donors (Lipinski definition) is 0. The molecule has 0 spiro atoms. The highest BCUT2D eigenvalue weighted by atomic mass is 28.3. The summed E-state index contributed by atoms with van der Waals surface area (Å²) in [7, 11) is -1.81. The summed E-state index contributed by atoms with van der Waals surface area (Å²) in [4.78, 5) is 0. The molecule has 0 fully saturated rings. The first-order chi connectivity index (χ1) is 8.85. The van der Waals surface area contributed by atoms with Gasteiger partial charge in [0, 0.05) is 19.8 Å². The molecule has 0 rings (SSSR count). The first kappa shape index (κ1) is 18.1. The molecule has 0 radical (unpaired) electrons. The van der Waals surface area contributed by atoms with Crippen molar-refractivity contribution in [3.05, 3.63) is 0 Å². The Hall–Kier alpha value is 0.0969. The molecule has 0 N–H and O–H groups in total. The molecule has 0 saturated heterocycles. The Bertz CT molecular complexity index is 150. The molecule has 0 bridgehead atoms. The fourth-order valence-electron chi connectivity index (χ4n) is 1.83. The second-order valence-corrected chi connectivity index (χ2v) is 6.12. The average molecular weight is 276 g/mol. The summed E-state index contributed by atoms with van der Waals surface area (Å²) in [5.74, 6) is 0. The molecule has 0 aliphatic rings. The average Bonchev–Trinajstić information content (AvgIpc) is 2.37. The first-order valence-corrected chi connectivity index (χ1v) is 9.11. The van der Waals surface area contributed by atoms with Gasteiger partial charge in [-0.05, 0) is 20.3 Å². The van der Waals surface area contributed by atoms with Crippen LogP contribution in [0.15, 0.2) is 0 Å². The Labute approximate surface area is 115 Å². The zero-order valence-corrected chi connectivity index (χ0v) is 13.7. The molecule has 0 heterocycles. The molecule has 0 aromatic carbocycles. The SMILES string of the molecule is CCCCCCCCCCO[SiH](OCC)OCC. The lowest BCUT2D eigenvalue weighted by atomic mass is 10.1. The Balaban J connectivity index is 3.21. The molecule has 4 heteroatoms. The van der Waals surface area contributed by atoms with Crippen molar-refractivity contribution in [2.24, 2.45) is 0 Å². The van der Waals surface area contributed by atoms with Gasteiger partial charge in [0.2, 0.25) is 0 Å². The monoisotopic (exact) mass is 276 g/mol. The topological polar surface area (TPSA) is 27.7 Å². The van der Waals surface area contributed by atoms with Gasteiger partial charge < -0.3 is 13.3 Å². The van der Waals surface area contributed by atoms with Crippen molar-refractivity contribution >= 4 is 9.53 Å². The fourth-order valence-corrected chi connectivity index (χ4v) is 3.02. The van der Waals surface area contributed by atoms with Gasteiger partial charge >= 0.3 is 9.53 Å². The molecule has 0 aromatic rings. The van der Waals surface area contributed by atoms with Crippen molar-refractivity contribution in [3.63, 3.8) is 0 Å². The lowest BCUT2D eigenvalue weighted by Gasteiger charge is -2.14. The standard InChI is InChI=1S/C14H32O3Si/c1-4-7-8-9-10-11-12-13-14-17-18(15-5-2)16-6-3/h18H,4-14H2,1-3H3. The molecule has 0 aliphatic carbocycles. The third-order valence-electron chi connectivity index (χ3n) is 2.86. The Morgan fingerprint density at radius 3 is 1.61 bits per heavy atom. The molecule has 0 atom stereocenters. The maximum Gasteiger partial charge on any atom is 0.484 e. The molecular formula is C14H32O3Si. The Kier molecular flexibility index (Phi) is 15.2. The quantitative estimate of drug-likeness (QED) is 0.355. The van der Waals surface area contributed by atoms with E-state index in [-0.39, 0.29) is 0 Å². The second-order valence-electron chi connectivity index (χ2n) is 4.55. The van der Waals surface area contributed by atoms with Crippen LogP contribution in [0.5, 0.6) is 0 Å². The van der Waals surface area contributed by atoms with Crippen LogP contribution in [0.4, 0.5) is 0 Å². The van der Waals surface area contributed by atoms with Crippen molar-refractivity contribution in [1.29, 1.82) is 0 Å². The van der Waals surface area contributed by atoms with Crippen molar-refractivity contribution in [3.8, 4) is 0 Å². The van der Waals surface area contributed by atoms with Crippen molar-refractivity contribution < 1.29 is 13.3 Å². The normalized spacial score (nSPS) is 11.3. The fraction of sp³-hybridized carbons (Fsp3) is 1.00. The number of rotatable bonds is 14. The van der Waals surface area contributed by atoms with Crippen molar-refractivity contribution in [2.75, 3.05) is 19.8 Å². The van der Waals surface area contributed by atoms with Gasteiger partial charge in [0.25, 0.3) is 0 Å². The van der Waals surface area contributed by atoms with E-state index in [9.17, 15) is 0 Å². The number of hydrogen-bond acceptors (Lipinski definition) is 3. The van der Waals surface area contributed by atoms with Crippen LogP contribution in [-0.2, 0) is 13.3 Å².